The van der Waals surface area contributed by atoms with Crippen LogP contribution in [0.5, 0.6) is 5.75 Å². The van der Waals surface area contributed by atoms with Crippen molar-refractivity contribution in [3.63, 3.8) is 0 Å². The van der Waals surface area contributed by atoms with Crippen LogP contribution < -0.4 is 14.4 Å². The van der Waals surface area contributed by atoms with Gasteiger partial charge in [-0.05, 0) is 55.2 Å². The van der Waals surface area contributed by atoms with Crippen LogP contribution in [0.1, 0.15) is 46.4 Å². The number of carbonyl (C=O) groups excluding carboxylic acids is 1. The number of aryl methyl sites for hydroxylation is 2. The molecule has 0 aliphatic carbocycles. The minimum absolute atomic E-state index is 0.158. The number of hydrogen-bond donors (Lipinski definition) is 1. The second-order valence-electron chi connectivity index (χ2n) is 6.90. The highest BCUT2D eigenvalue weighted by Crippen LogP contribution is 2.26. The Balaban J connectivity index is 2.29. The largest absolute Gasteiger partial charge is 0.496 e. The zero-order chi connectivity index (χ0) is 21.1. The molecule has 152 valence electrons. The van der Waals surface area contributed by atoms with Crippen LogP contribution >= 0.6 is 0 Å². The summed E-state index contributed by atoms with van der Waals surface area (Å²) in [7, 11) is -0.304. The summed E-state index contributed by atoms with van der Waals surface area (Å²) >= 11 is 0. The number of methoxy groups -OCH3 is 1. The molecule has 0 saturated heterocycles. The normalized spacial score (nSPS) is 12.4. The molecule has 7 heteroatoms. The van der Waals surface area contributed by atoms with E-state index in [4.69, 9.17) is 4.74 Å². The maximum absolute atomic E-state index is 12.8. The van der Waals surface area contributed by atoms with Crippen molar-refractivity contribution >= 4 is 21.6 Å². The summed E-state index contributed by atoms with van der Waals surface area (Å²) in [6.45, 7) is 5.78. The van der Waals surface area contributed by atoms with Crippen molar-refractivity contribution in [2.45, 2.75) is 33.2 Å². The van der Waals surface area contributed by atoms with Crippen molar-refractivity contribution in [2.75, 3.05) is 24.7 Å². The Morgan fingerprint density at radius 3 is 2.36 bits per heavy atom. The van der Waals surface area contributed by atoms with Crippen LogP contribution in [-0.2, 0) is 10.0 Å². The van der Waals surface area contributed by atoms with Crippen LogP contribution in [0, 0.1) is 13.8 Å². The van der Waals surface area contributed by atoms with Gasteiger partial charge >= 0.3 is 0 Å². The predicted octanol–water partition coefficient (Wildman–Crippen LogP) is 3.59. The molecular weight excluding hydrogens is 376 g/mol. The van der Waals surface area contributed by atoms with Crippen molar-refractivity contribution in [1.82, 2.24) is 5.32 Å². The summed E-state index contributed by atoms with van der Waals surface area (Å²) < 4.78 is 30.2. The number of nitrogens with zero attached hydrogens (tertiary/aromatic N) is 1. The zero-order valence-electron chi connectivity index (χ0n) is 17.2. The highest BCUT2D eigenvalue weighted by molar-refractivity contribution is 7.92. The summed E-state index contributed by atoms with van der Waals surface area (Å²) in [5.41, 5.74) is 3.68. The van der Waals surface area contributed by atoms with E-state index >= 15 is 0 Å². The molecule has 28 heavy (non-hydrogen) atoms. The maximum atomic E-state index is 12.8. The molecule has 2 aromatic carbocycles. The van der Waals surface area contributed by atoms with Gasteiger partial charge in [-0.2, -0.15) is 0 Å². The number of hydrogen-bond acceptors (Lipinski definition) is 4. The lowest BCUT2D eigenvalue weighted by Crippen LogP contribution is -2.29. The van der Waals surface area contributed by atoms with E-state index in [1.807, 2.05) is 39.0 Å². The third-order valence-electron chi connectivity index (χ3n) is 4.84. The first kappa shape index (κ1) is 21.8. The van der Waals surface area contributed by atoms with Crippen molar-refractivity contribution in [3.8, 4) is 5.75 Å². The summed E-state index contributed by atoms with van der Waals surface area (Å²) in [5, 5.41) is 3.04. The molecule has 6 nitrogen and oxygen atoms in total. The van der Waals surface area contributed by atoms with Crippen molar-refractivity contribution in [2.24, 2.45) is 0 Å². The van der Waals surface area contributed by atoms with E-state index in [1.165, 1.54) is 11.4 Å². The molecule has 2 aromatic rings. The zero-order valence-corrected chi connectivity index (χ0v) is 18.1. The smallest absolute Gasteiger partial charge is 0.251 e. The molecule has 0 saturated carbocycles. The van der Waals surface area contributed by atoms with E-state index in [0.717, 1.165) is 35.1 Å². The molecule has 0 aliphatic heterocycles. The molecule has 1 amide bonds. The molecule has 0 fully saturated rings. The summed E-state index contributed by atoms with van der Waals surface area (Å²) in [5.74, 6) is 0.556. The molecule has 1 unspecified atom stereocenters. The predicted molar refractivity (Wildman–Crippen MR) is 113 cm³/mol. The van der Waals surface area contributed by atoms with Gasteiger partial charge in [-0.1, -0.05) is 25.1 Å². The second-order valence-corrected chi connectivity index (χ2v) is 8.91. The van der Waals surface area contributed by atoms with Gasteiger partial charge in [0.05, 0.1) is 25.1 Å². The number of amides is 1. The first-order valence-electron chi connectivity index (χ1n) is 9.08. The second kappa shape index (κ2) is 8.65. The Morgan fingerprint density at radius 2 is 1.82 bits per heavy atom. The van der Waals surface area contributed by atoms with Gasteiger partial charge in [0.1, 0.15) is 5.75 Å². The fraction of sp³-hybridized carbons (Fsp3) is 0.381. The van der Waals surface area contributed by atoms with Crippen LogP contribution in [0.2, 0.25) is 0 Å². The average Bonchev–Trinajstić information content (AvgIpc) is 2.64. The third-order valence-corrected chi connectivity index (χ3v) is 6.03. The Labute approximate surface area is 167 Å². The molecule has 2 rings (SSSR count). The lowest BCUT2D eigenvalue weighted by Gasteiger charge is -2.21. The molecule has 0 aliphatic rings. The lowest BCUT2D eigenvalue weighted by molar-refractivity contribution is 0.0935. The SMILES string of the molecule is CCC(NC(=O)c1ccc(C)c(N(C)S(C)(=O)=O)c1)c1ccc(OC)c(C)c1. The van der Waals surface area contributed by atoms with E-state index in [2.05, 4.69) is 5.32 Å². The van der Waals surface area contributed by atoms with Crippen molar-refractivity contribution < 1.29 is 17.9 Å². The number of carbonyl (C=O) groups is 1. The lowest BCUT2D eigenvalue weighted by atomic mass is 10.0. The molecule has 1 atom stereocenters. The molecule has 0 radical (unpaired) electrons. The fourth-order valence-corrected chi connectivity index (χ4v) is 3.60. The summed E-state index contributed by atoms with van der Waals surface area (Å²) in [6, 6.07) is 10.8. The van der Waals surface area contributed by atoms with Crippen LogP contribution in [0.3, 0.4) is 0 Å². The van der Waals surface area contributed by atoms with Gasteiger partial charge < -0.3 is 10.1 Å². The number of rotatable bonds is 7. The molecule has 0 bridgehead atoms. The topological polar surface area (TPSA) is 75.7 Å². The Hall–Kier alpha value is -2.54. The maximum Gasteiger partial charge on any atom is 0.251 e. The summed E-state index contributed by atoms with van der Waals surface area (Å²) in [4.78, 5) is 12.8. The van der Waals surface area contributed by atoms with Gasteiger partial charge in [-0.3, -0.25) is 9.10 Å². The standard InChI is InChI=1S/C21H28N2O4S/c1-7-18(16-10-11-20(27-5)15(3)12-16)22-21(24)17-9-8-14(2)19(13-17)23(4)28(6,25)26/h8-13,18H,7H2,1-6H3,(H,22,24). The molecular formula is C21H28N2O4S. The van der Waals surface area contributed by atoms with Gasteiger partial charge in [0.25, 0.3) is 5.91 Å². The van der Waals surface area contributed by atoms with E-state index < -0.39 is 10.0 Å². The van der Waals surface area contributed by atoms with Gasteiger partial charge in [0.2, 0.25) is 10.0 Å². The van der Waals surface area contributed by atoms with E-state index in [-0.39, 0.29) is 11.9 Å². The van der Waals surface area contributed by atoms with Crippen LogP contribution in [-0.4, -0.2) is 34.7 Å². The third kappa shape index (κ3) is 4.84. The van der Waals surface area contributed by atoms with Crippen LogP contribution in [0.25, 0.3) is 0 Å². The van der Waals surface area contributed by atoms with Crippen molar-refractivity contribution in [1.29, 1.82) is 0 Å². The number of nitrogens with one attached hydrogen (secondary N) is 1. The van der Waals surface area contributed by atoms with Gasteiger partial charge in [0, 0.05) is 12.6 Å². The Morgan fingerprint density at radius 1 is 1.14 bits per heavy atom. The van der Waals surface area contributed by atoms with Gasteiger partial charge in [0.15, 0.2) is 0 Å². The number of sulfonamides is 1. The molecule has 0 aromatic heterocycles. The molecule has 0 heterocycles. The number of benzene rings is 2. The van der Waals surface area contributed by atoms with E-state index in [0.29, 0.717) is 11.3 Å². The van der Waals surface area contributed by atoms with Gasteiger partial charge in [-0.15, -0.1) is 0 Å². The number of ether oxygens (including phenoxy) is 1. The minimum Gasteiger partial charge on any atom is -0.496 e. The van der Waals surface area contributed by atoms with Crippen molar-refractivity contribution in [3.05, 3.63) is 58.7 Å². The fourth-order valence-electron chi connectivity index (χ4n) is 3.05. The first-order chi connectivity index (χ1) is 13.1. The Bertz CT molecular complexity index is 970. The highest BCUT2D eigenvalue weighted by atomic mass is 32.2. The molecule has 0 spiro atoms. The summed E-state index contributed by atoms with van der Waals surface area (Å²) in [6.07, 6.45) is 1.86. The van der Waals surface area contributed by atoms with E-state index in [9.17, 15) is 13.2 Å². The van der Waals surface area contributed by atoms with Crippen LogP contribution in [0.4, 0.5) is 5.69 Å². The molecule has 1 N–H and O–H groups in total. The minimum atomic E-state index is -3.41. The monoisotopic (exact) mass is 404 g/mol. The van der Waals surface area contributed by atoms with Crippen LogP contribution in [0.15, 0.2) is 36.4 Å². The first-order valence-corrected chi connectivity index (χ1v) is 10.9. The quantitative estimate of drug-likeness (QED) is 0.765. The van der Waals surface area contributed by atoms with E-state index in [1.54, 1.807) is 25.3 Å². The Kier molecular flexibility index (Phi) is 6.72. The average molecular weight is 405 g/mol. The highest BCUT2D eigenvalue weighted by Gasteiger charge is 2.19. The van der Waals surface area contributed by atoms with Gasteiger partial charge in [-0.25, -0.2) is 8.42 Å². The number of anilines is 1.